The van der Waals surface area contributed by atoms with E-state index in [2.05, 4.69) is 0 Å². The Labute approximate surface area is 89.3 Å². The van der Waals surface area contributed by atoms with Crippen LogP contribution in [-0.2, 0) is 0 Å². The van der Waals surface area contributed by atoms with Crippen molar-refractivity contribution in [1.82, 2.24) is 0 Å². The predicted molar refractivity (Wildman–Crippen MR) is 57.0 cm³/mol. The van der Waals surface area contributed by atoms with Crippen LogP contribution in [0.5, 0.6) is 5.75 Å². The number of nitriles is 1. The summed E-state index contributed by atoms with van der Waals surface area (Å²) in [5.41, 5.74) is 1.36. The maximum atomic E-state index is 11.2. The molecule has 1 rings (SSSR count). The topological polar surface area (TPSA) is 50.1 Å². The molecule has 0 aliphatic heterocycles. The number of nitrogens with zero attached hydrogens (tertiary/aromatic N) is 1. The van der Waals surface area contributed by atoms with Gasteiger partial charge in [-0.2, -0.15) is 5.26 Å². The lowest BCUT2D eigenvalue weighted by molar-refractivity contribution is 0.105. The monoisotopic (exact) mass is 203 g/mol. The van der Waals surface area contributed by atoms with Gasteiger partial charge in [-0.15, -0.1) is 0 Å². The zero-order valence-electron chi connectivity index (χ0n) is 9.07. The Kier molecular flexibility index (Phi) is 3.46. The van der Waals surface area contributed by atoms with Crippen LogP contribution in [0.3, 0.4) is 0 Å². The Morgan fingerprint density at radius 1 is 1.47 bits per heavy atom. The van der Waals surface area contributed by atoms with Crippen LogP contribution in [0.4, 0.5) is 0 Å². The molecule has 0 radical (unpaired) electrons. The van der Waals surface area contributed by atoms with Crippen molar-refractivity contribution in [3.8, 4) is 11.8 Å². The third-order valence-corrected chi connectivity index (χ3v) is 2.22. The minimum Gasteiger partial charge on any atom is -0.496 e. The number of benzene rings is 1. The summed E-state index contributed by atoms with van der Waals surface area (Å²) in [4.78, 5) is 11.2. The molecular formula is C12H13NO2. The molecule has 0 fully saturated rings. The van der Waals surface area contributed by atoms with Crippen LogP contribution >= 0.6 is 0 Å². The van der Waals surface area contributed by atoms with Crippen LogP contribution in [0.25, 0.3) is 0 Å². The molecule has 0 unspecified atom stereocenters. The lowest BCUT2D eigenvalue weighted by Gasteiger charge is -2.12. The lowest BCUT2D eigenvalue weighted by atomic mass is 9.98. The maximum absolute atomic E-state index is 11.2. The molecule has 1 aromatic carbocycles. The van der Waals surface area contributed by atoms with E-state index in [9.17, 15) is 4.79 Å². The summed E-state index contributed by atoms with van der Waals surface area (Å²) in [6, 6.07) is 6.65. The fraction of sp³-hybridized carbons (Fsp3) is 0.333. The normalized spacial score (nSPS) is 9.80. The third-order valence-electron chi connectivity index (χ3n) is 2.22. The number of ketones is 1. The summed E-state index contributed by atoms with van der Waals surface area (Å²) >= 11 is 0. The number of methoxy groups -OCH3 is 1. The van der Waals surface area contributed by atoms with Gasteiger partial charge in [0.25, 0.3) is 5.78 Å². The highest BCUT2D eigenvalue weighted by Crippen LogP contribution is 2.27. The van der Waals surface area contributed by atoms with E-state index in [4.69, 9.17) is 10.00 Å². The summed E-state index contributed by atoms with van der Waals surface area (Å²) in [5.74, 6) is 0.491. The second-order valence-corrected chi connectivity index (χ2v) is 3.55. The number of carbonyl (C=O) groups is 1. The molecule has 0 aliphatic rings. The first-order chi connectivity index (χ1) is 7.10. The first-order valence-corrected chi connectivity index (χ1v) is 4.72. The molecule has 3 heteroatoms. The second-order valence-electron chi connectivity index (χ2n) is 3.55. The number of rotatable bonds is 3. The van der Waals surface area contributed by atoms with Crippen LogP contribution in [0.1, 0.15) is 35.7 Å². The van der Waals surface area contributed by atoms with Crippen molar-refractivity contribution in [3.05, 3.63) is 29.3 Å². The van der Waals surface area contributed by atoms with Crippen LogP contribution in [0, 0.1) is 11.3 Å². The highest BCUT2D eigenvalue weighted by Gasteiger charge is 2.11. The van der Waals surface area contributed by atoms with Gasteiger partial charge in [-0.1, -0.05) is 13.8 Å². The zero-order chi connectivity index (χ0) is 11.4. The average molecular weight is 203 g/mol. The van der Waals surface area contributed by atoms with Gasteiger partial charge in [0.05, 0.1) is 7.11 Å². The lowest BCUT2D eigenvalue weighted by Crippen LogP contribution is -2.00. The van der Waals surface area contributed by atoms with Crippen LogP contribution in [-0.4, -0.2) is 12.9 Å². The van der Waals surface area contributed by atoms with Crippen molar-refractivity contribution in [2.75, 3.05) is 7.11 Å². The van der Waals surface area contributed by atoms with Gasteiger partial charge in [-0.25, -0.2) is 0 Å². The average Bonchev–Trinajstić information content (AvgIpc) is 2.27. The zero-order valence-corrected chi connectivity index (χ0v) is 9.07. The molecule has 0 bridgehead atoms. The van der Waals surface area contributed by atoms with Gasteiger partial charge >= 0.3 is 0 Å². The summed E-state index contributed by atoms with van der Waals surface area (Å²) in [7, 11) is 1.59. The van der Waals surface area contributed by atoms with E-state index in [0.717, 1.165) is 11.3 Å². The van der Waals surface area contributed by atoms with E-state index >= 15 is 0 Å². The standard InChI is InChI=1S/C12H13NO2/c1-8(2)10-6-9(11(14)7-13)4-5-12(10)15-3/h4-6,8H,1-3H3. The summed E-state index contributed by atoms with van der Waals surface area (Å²) < 4.78 is 5.18. The van der Waals surface area contributed by atoms with E-state index < -0.39 is 5.78 Å². The Balaban J connectivity index is 3.23. The Morgan fingerprint density at radius 2 is 2.13 bits per heavy atom. The molecule has 0 atom stereocenters. The molecular weight excluding hydrogens is 190 g/mol. The molecule has 15 heavy (non-hydrogen) atoms. The van der Waals surface area contributed by atoms with Gasteiger partial charge in [-0.05, 0) is 29.7 Å². The number of hydrogen-bond acceptors (Lipinski definition) is 3. The largest absolute Gasteiger partial charge is 0.496 e. The first-order valence-electron chi connectivity index (χ1n) is 4.72. The molecule has 0 amide bonds. The van der Waals surface area contributed by atoms with E-state index in [1.54, 1.807) is 31.4 Å². The van der Waals surface area contributed by atoms with E-state index in [1.165, 1.54) is 0 Å². The molecule has 3 nitrogen and oxygen atoms in total. The predicted octanol–water partition coefficient (Wildman–Crippen LogP) is 2.52. The van der Waals surface area contributed by atoms with E-state index in [-0.39, 0.29) is 5.92 Å². The highest BCUT2D eigenvalue weighted by atomic mass is 16.5. The Morgan fingerprint density at radius 3 is 2.60 bits per heavy atom. The number of Topliss-reactive ketones (excluding diaryl/α,β-unsaturated/α-hetero) is 1. The molecule has 0 saturated carbocycles. The summed E-state index contributed by atoms with van der Waals surface area (Å²) in [6.45, 7) is 4.02. The number of carbonyl (C=O) groups excluding carboxylic acids is 1. The molecule has 0 saturated heterocycles. The summed E-state index contributed by atoms with van der Waals surface area (Å²) in [6.07, 6.45) is 0. The van der Waals surface area contributed by atoms with Crippen LogP contribution in [0.15, 0.2) is 18.2 Å². The van der Waals surface area contributed by atoms with E-state index in [0.29, 0.717) is 5.56 Å². The van der Waals surface area contributed by atoms with Gasteiger partial charge < -0.3 is 4.74 Å². The van der Waals surface area contributed by atoms with Gasteiger partial charge in [0.15, 0.2) is 0 Å². The molecule has 0 N–H and O–H groups in total. The second kappa shape index (κ2) is 4.61. The molecule has 0 aliphatic carbocycles. The molecule has 0 spiro atoms. The van der Waals surface area contributed by atoms with Crippen molar-refractivity contribution in [2.45, 2.75) is 19.8 Å². The van der Waals surface area contributed by atoms with Crippen molar-refractivity contribution in [2.24, 2.45) is 0 Å². The molecule has 78 valence electrons. The van der Waals surface area contributed by atoms with Crippen LogP contribution in [0.2, 0.25) is 0 Å². The fourth-order valence-corrected chi connectivity index (χ4v) is 1.39. The number of ether oxygens (including phenoxy) is 1. The van der Waals surface area contributed by atoms with Crippen molar-refractivity contribution >= 4 is 5.78 Å². The SMILES string of the molecule is COc1ccc(C(=O)C#N)cc1C(C)C. The Bertz CT molecular complexity index is 416. The summed E-state index contributed by atoms with van der Waals surface area (Å²) in [5, 5.41) is 8.51. The molecule has 0 aromatic heterocycles. The Hall–Kier alpha value is -1.82. The molecule has 1 aromatic rings. The van der Waals surface area contributed by atoms with Crippen molar-refractivity contribution in [3.63, 3.8) is 0 Å². The fourth-order valence-electron chi connectivity index (χ4n) is 1.39. The minimum absolute atomic E-state index is 0.256. The van der Waals surface area contributed by atoms with Crippen molar-refractivity contribution < 1.29 is 9.53 Å². The smallest absolute Gasteiger partial charge is 0.262 e. The maximum Gasteiger partial charge on any atom is 0.262 e. The van der Waals surface area contributed by atoms with Gasteiger partial charge in [0.2, 0.25) is 0 Å². The molecule has 0 heterocycles. The van der Waals surface area contributed by atoms with Gasteiger partial charge in [0.1, 0.15) is 11.8 Å². The highest BCUT2D eigenvalue weighted by molar-refractivity contribution is 6.07. The van der Waals surface area contributed by atoms with Crippen LogP contribution < -0.4 is 4.74 Å². The third kappa shape index (κ3) is 2.35. The quantitative estimate of drug-likeness (QED) is 0.560. The van der Waals surface area contributed by atoms with E-state index in [1.807, 2.05) is 13.8 Å². The van der Waals surface area contributed by atoms with Gasteiger partial charge in [-0.3, -0.25) is 4.79 Å². The minimum atomic E-state index is -0.514. The first kappa shape index (κ1) is 11.3. The number of hydrogen-bond donors (Lipinski definition) is 0. The van der Waals surface area contributed by atoms with Gasteiger partial charge in [0, 0.05) is 5.56 Å². The van der Waals surface area contributed by atoms with Crippen molar-refractivity contribution in [1.29, 1.82) is 5.26 Å².